The minimum absolute atomic E-state index is 0.0574. The summed E-state index contributed by atoms with van der Waals surface area (Å²) in [5, 5.41) is 3.53. The van der Waals surface area contributed by atoms with E-state index < -0.39 is 10.0 Å². The summed E-state index contributed by atoms with van der Waals surface area (Å²) in [7, 11) is -2.22. The zero-order valence-electron chi connectivity index (χ0n) is 11.1. The third kappa shape index (κ3) is 3.73. The predicted octanol–water partition coefficient (Wildman–Crippen LogP) is 1.55. The topological polar surface area (TPSA) is 67.4 Å². The van der Waals surface area contributed by atoms with Crippen LogP contribution in [0.25, 0.3) is 0 Å². The van der Waals surface area contributed by atoms with Crippen molar-refractivity contribution in [3.8, 4) is 5.75 Å². The van der Waals surface area contributed by atoms with Crippen molar-refractivity contribution in [2.75, 3.05) is 26.7 Å². The van der Waals surface area contributed by atoms with Crippen molar-refractivity contribution >= 4 is 21.6 Å². The van der Waals surface area contributed by atoms with E-state index in [-0.39, 0.29) is 10.6 Å². The average Bonchev–Trinajstić information content (AvgIpc) is 2.46. The maximum Gasteiger partial charge on any atom is 0.244 e. The van der Waals surface area contributed by atoms with E-state index in [1.54, 1.807) is 12.1 Å². The maximum absolute atomic E-state index is 12.3. The largest absolute Gasteiger partial charge is 0.495 e. The number of benzene rings is 1. The molecule has 0 aromatic heterocycles. The molecule has 0 unspecified atom stereocenters. The Labute approximate surface area is 124 Å². The monoisotopic (exact) mass is 316 g/mol. The highest BCUT2D eigenvalue weighted by atomic mass is 35.5. The molecule has 0 atom stereocenters. The van der Waals surface area contributed by atoms with Crippen molar-refractivity contribution in [3.05, 3.63) is 34.9 Å². The highest BCUT2D eigenvalue weighted by molar-refractivity contribution is 7.89. The number of rotatable bonds is 5. The van der Waals surface area contributed by atoms with Gasteiger partial charge in [-0.3, -0.25) is 0 Å². The lowest BCUT2D eigenvalue weighted by Gasteiger charge is -2.15. The molecular weight excluding hydrogens is 300 g/mol. The van der Waals surface area contributed by atoms with Gasteiger partial charge in [-0.2, -0.15) is 0 Å². The molecule has 20 heavy (non-hydrogen) atoms. The molecule has 7 heteroatoms. The molecule has 1 aliphatic heterocycles. The quantitative estimate of drug-likeness (QED) is 0.809. The van der Waals surface area contributed by atoms with Gasteiger partial charge in [0.25, 0.3) is 0 Å². The van der Waals surface area contributed by atoms with Crippen LogP contribution in [0.1, 0.15) is 6.42 Å². The Morgan fingerprint density at radius 3 is 2.90 bits per heavy atom. The van der Waals surface area contributed by atoms with E-state index in [4.69, 9.17) is 16.3 Å². The number of sulfonamides is 1. The van der Waals surface area contributed by atoms with Crippen LogP contribution >= 0.6 is 11.6 Å². The summed E-state index contributed by atoms with van der Waals surface area (Å²) in [5.74, 6) is 0.279. The zero-order chi connectivity index (χ0) is 14.6. The molecule has 0 radical (unpaired) electrons. The number of halogens is 1. The van der Waals surface area contributed by atoms with E-state index in [9.17, 15) is 8.42 Å². The van der Waals surface area contributed by atoms with E-state index in [0.717, 1.165) is 25.1 Å². The molecule has 0 bridgehead atoms. The molecule has 1 heterocycles. The fourth-order valence-corrected chi connectivity index (χ4v) is 3.42. The van der Waals surface area contributed by atoms with Gasteiger partial charge in [0, 0.05) is 18.1 Å². The normalized spacial score (nSPS) is 15.8. The van der Waals surface area contributed by atoms with Crippen LogP contribution in [0.2, 0.25) is 5.02 Å². The van der Waals surface area contributed by atoms with Crippen molar-refractivity contribution in [2.24, 2.45) is 0 Å². The molecule has 5 nitrogen and oxygen atoms in total. The molecule has 0 amide bonds. The van der Waals surface area contributed by atoms with E-state index in [0.29, 0.717) is 11.6 Å². The molecule has 2 rings (SSSR count). The Hall–Kier alpha value is -1.08. The molecule has 1 aromatic rings. The van der Waals surface area contributed by atoms with Crippen LogP contribution in [0.15, 0.2) is 34.7 Å². The van der Waals surface area contributed by atoms with Crippen LogP contribution < -0.4 is 14.8 Å². The minimum atomic E-state index is -3.65. The SMILES string of the molecule is COc1ccc(Cl)cc1S(=O)(=O)NCC1=CCNCC1. The second kappa shape index (κ2) is 6.58. The fourth-order valence-electron chi connectivity index (χ4n) is 1.96. The van der Waals surface area contributed by atoms with Crippen molar-refractivity contribution in [1.29, 1.82) is 0 Å². The van der Waals surface area contributed by atoms with E-state index in [1.165, 1.54) is 13.2 Å². The van der Waals surface area contributed by atoms with Gasteiger partial charge >= 0.3 is 0 Å². The van der Waals surface area contributed by atoms with E-state index in [1.807, 2.05) is 6.08 Å². The molecule has 0 saturated carbocycles. The summed E-state index contributed by atoms with van der Waals surface area (Å²) >= 11 is 5.86. The maximum atomic E-state index is 12.3. The van der Waals surface area contributed by atoms with Gasteiger partial charge in [0.05, 0.1) is 7.11 Å². The molecule has 0 fully saturated rings. The lowest BCUT2D eigenvalue weighted by atomic mass is 10.1. The smallest absolute Gasteiger partial charge is 0.244 e. The Kier molecular flexibility index (Phi) is 5.04. The van der Waals surface area contributed by atoms with Crippen molar-refractivity contribution in [2.45, 2.75) is 11.3 Å². The highest BCUT2D eigenvalue weighted by Crippen LogP contribution is 2.26. The zero-order valence-corrected chi connectivity index (χ0v) is 12.7. The van der Waals surface area contributed by atoms with Crippen LogP contribution in [0, 0.1) is 0 Å². The number of hydrogen-bond acceptors (Lipinski definition) is 4. The first kappa shape index (κ1) is 15.3. The van der Waals surface area contributed by atoms with Gasteiger partial charge in [0.15, 0.2) is 0 Å². The summed E-state index contributed by atoms with van der Waals surface area (Å²) < 4.78 is 32.3. The first-order chi connectivity index (χ1) is 9.53. The summed E-state index contributed by atoms with van der Waals surface area (Å²) in [6.45, 7) is 1.95. The second-order valence-corrected chi connectivity index (χ2v) is 6.61. The number of ether oxygens (including phenoxy) is 1. The van der Waals surface area contributed by atoms with Gasteiger partial charge < -0.3 is 10.1 Å². The third-order valence-corrected chi connectivity index (χ3v) is 4.72. The Bertz CT molecular complexity index is 614. The molecule has 0 aliphatic carbocycles. The molecule has 0 saturated heterocycles. The Morgan fingerprint density at radius 2 is 2.25 bits per heavy atom. The Morgan fingerprint density at radius 1 is 1.45 bits per heavy atom. The second-order valence-electron chi connectivity index (χ2n) is 4.44. The van der Waals surface area contributed by atoms with Gasteiger partial charge in [0.1, 0.15) is 10.6 Å². The molecular formula is C13H17ClN2O3S. The minimum Gasteiger partial charge on any atom is -0.495 e. The van der Waals surface area contributed by atoms with Gasteiger partial charge in [-0.05, 0) is 31.2 Å². The average molecular weight is 317 g/mol. The van der Waals surface area contributed by atoms with Crippen molar-refractivity contribution in [1.82, 2.24) is 10.0 Å². The van der Waals surface area contributed by atoms with Crippen molar-refractivity contribution in [3.63, 3.8) is 0 Å². The summed E-state index contributed by atoms with van der Waals surface area (Å²) in [6, 6.07) is 4.52. The van der Waals surface area contributed by atoms with E-state index in [2.05, 4.69) is 10.0 Å². The van der Waals surface area contributed by atoms with Crippen LogP contribution in [-0.2, 0) is 10.0 Å². The molecule has 1 aliphatic rings. The lowest BCUT2D eigenvalue weighted by Crippen LogP contribution is -2.30. The number of nitrogens with one attached hydrogen (secondary N) is 2. The first-order valence-corrected chi connectivity index (χ1v) is 8.11. The van der Waals surface area contributed by atoms with Gasteiger partial charge in [-0.15, -0.1) is 0 Å². The Balaban J connectivity index is 2.17. The van der Waals surface area contributed by atoms with E-state index >= 15 is 0 Å². The number of hydrogen-bond donors (Lipinski definition) is 2. The fraction of sp³-hybridized carbons (Fsp3) is 0.385. The molecule has 1 aromatic carbocycles. The molecule has 110 valence electrons. The van der Waals surface area contributed by atoms with Crippen molar-refractivity contribution < 1.29 is 13.2 Å². The predicted molar refractivity (Wildman–Crippen MR) is 78.8 cm³/mol. The van der Waals surface area contributed by atoms with Gasteiger partial charge in [-0.1, -0.05) is 23.3 Å². The highest BCUT2D eigenvalue weighted by Gasteiger charge is 2.20. The standard InChI is InChI=1S/C13H17ClN2O3S/c1-19-12-3-2-11(14)8-13(12)20(17,18)16-9-10-4-6-15-7-5-10/h2-4,8,15-16H,5-7,9H2,1H3. The van der Waals surface area contributed by atoms with Crippen LogP contribution in [0.5, 0.6) is 5.75 Å². The lowest BCUT2D eigenvalue weighted by molar-refractivity contribution is 0.402. The summed E-state index contributed by atoms with van der Waals surface area (Å²) in [4.78, 5) is 0.0574. The van der Waals surface area contributed by atoms with Crippen LogP contribution in [-0.4, -0.2) is 35.2 Å². The first-order valence-electron chi connectivity index (χ1n) is 6.25. The van der Waals surface area contributed by atoms with Gasteiger partial charge in [-0.25, -0.2) is 13.1 Å². The molecule has 0 spiro atoms. The van der Waals surface area contributed by atoms with Gasteiger partial charge in [0.2, 0.25) is 10.0 Å². The molecule has 2 N–H and O–H groups in total. The number of methoxy groups -OCH3 is 1. The third-order valence-electron chi connectivity index (χ3n) is 3.06. The summed E-state index contributed by atoms with van der Waals surface area (Å²) in [5.41, 5.74) is 1.08. The van der Waals surface area contributed by atoms with Crippen LogP contribution in [0.3, 0.4) is 0 Å². The van der Waals surface area contributed by atoms with Crippen LogP contribution in [0.4, 0.5) is 0 Å². The summed E-state index contributed by atoms with van der Waals surface area (Å²) in [6.07, 6.45) is 2.84.